The molecule has 0 unspecified atom stereocenters. The summed E-state index contributed by atoms with van der Waals surface area (Å²) in [7, 11) is 0. The summed E-state index contributed by atoms with van der Waals surface area (Å²) in [6.07, 6.45) is 2.44. The first-order valence-corrected chi connectivity index (χ1v) is 9.70. The molecule has 2 aliphatic heterocycles. The number of rotatable bonds is 4. The van der Waals surface area contributed by atoms with Crippen molar-refractivity contribution < 1.29 is 9.84 Å². The number of aromatic nitrogens is 2. The van der Waals surface area contributed by atoms with Crippen molar-refractivity contribution >= 4 is 16.5 Å². The minimum Gasteiger partial charge on any atom is -0.384 e. The van der Waals surface area contributed by atoms with E-state index >= 15 is 0 Å². The highest BCUT2D eigenvalue weighted by Gasteiger charge is 2.36. The van der Waals surface area contributed by atoms with Crippen molar-refractivity contribution in [1.29, 1.82) is 0 Å². The Kier molecular flexibility index (Phi) is 4.98. The second-order valence-electron chi connectivity index (χ2n) is 6.94. The van der Waals surface area contributed by atoms with Crippen molar-refractivity contribution in [2.24, 2.45) is 0 Å². The molecule has 3 heterocycles. The number of anilines is 1. The summed E-state index contributed by atoms with van der Waals surface area (Å²) in [6.45, 7) is 5.04. The van der Waals surface area contributed by atoms with Gasteiger partial charge in [0.05, 0.1) is 19.8 Å². The van der Waals surface area contributed by atoms with Crippen LogP contribution in [0.5, 0.6) is 0 Å². The van der Waals surface area contributed by atoms with Gasteiger partial charge < -0.3 is 19.6 Å². The molecule has 0 amide bonds. The molecule has 0 aliphatic carbocycles. The van der Waals surface area contributed by atoms with E-state index in [0.29, 0.717) is 26.3 Å². The topological polar surface area (TPSA) is 61.7 Å². The molecule has 1 atom stereocenters. The molecule has 2 saturated heterocycles. The van der Waals surface area contributed by atoms with E-state index < -0.39 is 5.60 Å². The largest absolute Gasteiger partial charge is 0.384 e. The predicted molar refractivity (Wildman–Crippen MR) is 99.0 cm³/mol. The molecule has 0 spiro atoms. The number of benzene rings is 1. The zero-order valence-corrected chi connectivity index (χ0v) is 15.1. The maximum absolute atomic E-state index is 11.1. The molecule has 2 fully saturated rings. The molecular formula is C18H24N4O2S. The highest BCUT2D eigenvalue weighted by atomic mass is 32.1. The third-order valence-corrected chi connectivity index (χ3v) is 5.82. The van der Waals surface area contributed by atoms with Crippen LogP contribution in [0.15, 0.2) is 30.3 Å². The molecule has 1 aromatic heterocycles. The van der Waals surface area contributed by atoms with Crippen molar-refractivity contribution in [1.82, 2.24) is 15.1 Å². The van der Waals surface area contributed by atoms with Crippen LogP contribution in [-0.4, -0.2) is 71.7 Å². The molecule has 2 aliphatic rings. The summed E-state index contributed by atoms with van der Waals surface area (Å²) in [4.78, 5) is 4.45. The summed E-state index contributed by atoms with van der Waals surface area (Å²) in [6, 6.07) is 10.1. The van der Waals surface area contributed by atoms with Crippen molar-refractivity contribution in [2.75, 3.05) is 50.8 Å². The summed E-state index contributed by atoms with van der Waals surface area (Å²) >= 11 is 1.57. The van der Waals surface area contributed by atoms with E-state index in [4.69, 9.17) is 4.74 Å². The van der Waals surface area contributed by atoms with E-state index in [1.54, 1.807) is 11.3 Å². The van der Waals surface area contributed by atoms with E-state index in [0.717, 1.165) is 35.3 Å². The first-order chi connectivity index (χ1) is 12.2. The summed E-state index contributed by atoms with van der Waals surface area (Å²) in [5, 5.41) is 21.6. The van der Waals surface area contributed by atoms with Crippen molar-refractivity contribution in [3.63, 3.8) is 0 Å². The second kappa shape index (κ2) is 7.37. The fourth-order valence-electron chi connectivity index (χ4n) is 3.57. The molecule has 0 bridgehead atoms. The van der Waals surface area contributed by atoms with E-state index in [-0.39, 0.29) is 0 Å². The first-order valence-electron chi connectivity index (χ1n) is 8.88. The Morgan fingerprint density at radius 3 is 2.72 bits per heavy atom. The van der Waals surface area contributed by atoms with Crippen LogP contribution in [-0.2, 0) is 4.74 Å². The van der Waals surface area contributed by atoms with Gasteiger partial charge in [0.2, 0.25) is 5.13 Å². The van der Waals surface area contributed by atoms with Gasteiger partial charge in [-0.15, -0.1) is 10.2 Å². The SMILES string of the molecule is O[C@]1(CN2CCCC2)COCCN(c2nnc(-c3ccccc3)s2)C1. The monoisotopic (exact) mass is 360 g/mol. The third kappa shape index (κ3) is 4.00. The van der Waals surface area contributed by atoms with Crippen LogP contribution in [0.4, 0.5) is 5.13 Å². The van der Waals surface area contributed by atoms with E-state index in [1.165, 1.54) is 12.8 Å². The lowest BCUT2D eigenvalue weighted by Gasteiger charge is -2.33. The Labute approximate surface area is 152 Å². The Balaban J connectivity index is 1.50. The van der Waals surface area contributed by atoms with E-state index in [1.807, 2.05) is 30.3 Å². The quantitative estimate of drug-likeness (QED) is 0.898. The number of aliphatic hydroxyl groups is 1. The van der Waals surface area contributed by atoms with Crippen LogP contribution >= 0.6 is 11.3 Å². The lowest BCUT2D eigenvalue weighted by Crippen LogP contribution is -2.52. The van der Waals surface area contributed by atoms with Crippen LogP contribution in [0.25, 0.3) is 10.6 Å². The van der Waals surface area contributed by atoms with Gasteiger partial charge in [-0.05, 0) is 25.9 Å². The van der Waals surface area contributed by atoms with Crippen LogP contribution < -0.4 is 4.90 Å². The van der Waals surface area contributed by atoms with Crippen LogP contribution in [0.3, 0.4) is 0 Å². The second-order valence-corrected chi connectivity index (χ2v) is 7.89. The number of hydrogen-bond acceptors (Lipinski definition) is 7. The smallest absolute Gasteiger partial charge is 0.208 e. The number of ether oxygens (including phenoxy) is 1. The van der Waals surface area contributed by atoms with Gasteiger partial charge in [-0.25, -0.2) is 0 Å². The number of hydrogen-bond donors (Lipinski definition) is 1. The summed E-state index contributed by atoms with van der Waals surface area (Å²) < 4.78 is 5.70. The Morgan fingerprint density at radius 2 is 1.92 bits per heavy atom. The van der Waals surface area contributed by atoms with Crippen LogP contribution in [0.1, 0.15) is 12.8 Å². The summed E-state index contributed by atoms with van der Waals surface area (Å²) in [5.74, 6) is 0. The number of nitrogens with zero attached hydrogens (tertiary/aromatic N) is 4. The van der Waals surface area contributed by atoms with Crippen LogP contribution in [0, 0.1) is 0 Å². The van der Waals surface area contributed by atoms with Gasteiger partial charge in [-0.3, -0.25) is 0 Å². The Hall–Kier alpha value is -1.54. The van der Waals surface area contributed by atoms with E-state index in [9.17, 15) is 5.11 Å². The molecule has 25 heavy (non-hydrogen) atoms. The van der Waals surface area contributed by atoms with Gasteiger partial charge >= 0.3 is 0 Å². The van der Waals surface area contributed by atoms with E-state index in [2.05, 4.69) is 20.0 Å². The highest BCUT2D eigenvalue weighted by molar-refractivity contribution is 7.18. The average Bonchev–Trinajstić information content (AvgIpc) is 3.27. The Morgan fingerprint density at radius 1 is 1.12 bits per heavy atom. The highest BCUT2D eigenvalue weighted by Crippen LogP contribution is 2.30. The van der Waals surface area contributed by atoms with Crippen molar-refractivity contribution in [3.05, 3.63) is 30.3 Å². The fourth-order valence-corrected chi connectivity index (χ4v) is 4.45. The number of β-amino-alcohol motifs (C(OH)–C–C–N with tert-alkyl or cyclic N) is 1. The molecule has 4 rings (SSSR count). The average molecular weight is 360 g/mol. The lowest BCUT2D eigenvalue weighted by atomic mass is 10.0. The van der Waals surface area contributed by atoms with Crippen LogP contribution in [0.2, 0.25) is 0 Å². The van der Waals surface area contributed by atoms with Gasteiger partial charge in [0.15, 0.2) is 0 Å². The maximum Gasteiger partial charge on any atom is 0.208 e. The summed E-state index contributed by atoms with van der Waals surface area (Å²) in [5.41, 5.74) is 0.212. The first kappa shape index (κ1) is 16.9. The Bertz CT molecular complexity index is 689. The normalized spacial score (nSPS) is 25.2. The molecule has 0 radical (unpaired) electrons. The van der Waals surface area contributed by atoms with Gasteiger partial charge in [0.1, 0.15) is 10.6 Å². The van der Waals surface area contributed by atoms with Gasteiger partial charge in [0, 0.05) is 18.7 Å². The molecule has 0 saturated carbocycles. The predicted octanol–water partition coefficient (Wildman–Crippen LogP) is 1.87. The zero-order valence-electron chi connectivity index (χ0n) is 14.3. The minimum atomic E-state index is -0.862. The molecule has 6 nitrogen and oxygen atoms in total. The molecule has 2 aromatic rings. The number of likely N-dealkylation sites (tertiary alicyclic amines) is 1. The van der Waals surface area contributed by atoms with Gasteiger partial charge in [-0.2, -0.15) is 0 Å². The van der Waals surface area contributed by atoms with Gasteiger partial charge in [-0.1, -0.05) is 41.7 Å². The molecule has 1 aromatic carbocycles. The fraction of sp³-hybridized carbons (Fsp3) is 0.556. The molecule has 134 valence electrons. The molecule has 7 heteroatoms. The standard InChI is InChI=1S/C18H24N4O2S/c23-18(12-21-8-4-5-9-21)13-22(10-11-24-14-18)17-20-19-16(25-17)15-6-2-1-3-7-15/h1-3,6-7,23H,4-5,8-14H2/t18-/m0/s1. The molecule has 1 N–H and O–H groups in total. The maximum atomic E-state index is 11.1. The minimum absolute atomic E-state index is 0.379. The lowest BCUT2D eigenvalue weighted by molar-refractivity contribution is -0.0439. The van der Waals surface area contributed by atoms with Crippen molar-refractivity contribution in [3.8, 4) is 10.6 Å². The van der Waals surface area contributed by atoms with Gasteiger partial charge in [0.25, 0.3) is 0 Å². The zero-order chi connectivity index (χ0) is 17.1. The van der Waals surface area contributed by atoms with Crippen molar-refractivity contribution in [2.45, 2.75) is 18.4 Å². The molecular weight excluding hydrogens is 336 g/mol. The third-order valence-electron chi connectivity index (χ3n) is 4.78.